The zero-order chi connectivity index (χ0) is 14.5. The molecule has 1 unspecified atom stereocenters. The lowest BCUT2D eigenvalue weighted by Gasteiger charge is -2.31. The largest absolute Gasteiger partial charge is 0.466 e. The van der Waals surface area contributed by atoms with Crippen LogP contribution in [0.2, 0.25) is 0 Å². The quantitative estimate of drug-likeness (QED) is 0.780. The number of aryl methyl sites for hydroxylation is 1. The number of thiophene rings is 1. The summed E-state index contributed by atoms with van der Waals surface area (Å²) < 4.78 is 5.17. The van der Waals surface area contributed by atoms with Crippen molar-refractivity contribution in [1.29, 1.82) is 0 Å². The maximum Gasteiger partial charge on any atom is 0.310 e. The fourth-order valence-electron chi connectivity index (χ4n) is 3.03. The molecule has 20 heavy (non-hydrogen) atoms. The first-order valence-electron chi connectivity index (χ1n) is 7.60. The van der Waals surface area contributed by atoms with Gasteiger partial charge in [-0.1, -0.05) is 6.92 Å². The van der Waals surface area contributed by atoms with Crippen molar-refractivity contribution in [2.45, 2.75) is 46.6 Å². The second-order valence-electron chi connectivity index (χ2n) is 5.48. The second kappa shape index (κ2) is 7.23. The Balaban J connectivity index is 1.97. The third kappa shape index (κ3) is 3.61. The number of hydrogen-bond acceptors (Lipinski definition) is 4. The smallest absolute Gasteiger partial charge is 0.310 e. The van der Waals surface area contributed by atoms with Gasteiger partial charge in [-0.2, -0.15) is 0 Å². The molecular weight excluding hydrogens is 270 g/mol. The van der Waals surface area contributed by atoms with Crippen LogP contribution in [0.25, 0.3) is 0 Å². The molecule has 1 saturated heterocycles. The van der Waals surface area contributed by atoms with Crippen molar-refractivity contribution in [3.8, 4) is 0 Å². The Labute approximate surface area is 125 Å². The number of esters is 1. The van der Waals surface area contributed by atoms with E-state index in [-0.39, 0.29) is 11.9 Å². The number of piperidine rings is 1. The van der Waals surface area contributed by atoms with Crippen LogP contribution in [0.4, 0.5) is 0 Å². The Kier molecular flexibility index (Phi) is 5.61. The van der Waals surface area contributed by atoms with E-state index < -0.39 is 0 Å². The summed E-state index contributed by atoms with van der Waals surface area (Å²) in [5.74, 6) is 0.0444. The third-order valence-corrected chi connectivity index (χ3v) is 5.07. The number of ether oxygens (including phenoxy) is 1. The topological polar surface area (TPSA) is 29.5 Å². The van der Waals surface area contributed by atoms with Crippen LogP contribution in [0, 0.1) is 12.8 Å². The molecule has 0 radical (unpaired) electrons. The number of rotatable bonds is 5. The maximum absolute atomic E-state index is 11.9. The zero-order valence-corrected chi connectivity index (χ0v) is 13.6. The SMILES string of the molecule is CCOC(=O)C1CCCN(Cc2csc(C)c2CC)C1. The molecular formula is C16H25NO2S. The second-order valence-corrected chi connectivity index (χ2v) is 6.56. The average molecular weight is 295 g/mol. The van der Waals surface area contributed by atoms with Crippen LogP contribution in [0.1, 0.15) is 42.7 Å². The van der Waals surface area contributed by atoms with Crippen LogP contribution >= 0.6 is 11.3 Å². The summed E-state index contributed by atoms with van der Waals surface area (Å²) >= 11 is 1.84. The van der Waals surface area contributed by atoms with E-state index in [2.05, 4.69) is 24.1 Å². The Bertz CT molecular complexity index is 455. The lowest BCUT2D eigenvalue weighted by molar-refractivity contribution is -0.150. The molecule has 0 bridgehead atoms. The van der Waals surface area contributed by atoms with Gasteiger partial charge >= 0.3 is 5.97 Å². The summed E-state index contributed by atoms with van der Waals surface area (Å²) in [7, 11) is 0. The van der Waals surface area contributed by atoms with E-state index >= 15 is 0 Å². The molecule has 1 atom stereocenters. The third-order valence-electron chi connectivity index (χ3n) is 4.06. The van der Waals surface area contributed by atoms with Gasteiger partial charge in [0.1, 0.15) is 0 Å². The van der Waals surface area contributed by atoms with Crippen LogP contribution in [0.3, 0.4) is 0 Å². The Morgan fingerprint density at radius 2 is 2.30 bits per heavy atom. The molecule has 3 nitrogen and oxygen atoms in total. The van der Waals surface area contributed by atoms with Gasteiger partial charge in [-0.25, -0.2) is 0 Å². The van der Waals surface area contributed by atoms with Crippen molar-refractivity contribution in [2.24, 2.45) is 5.92 Å². The van der Waals surface area contributed by atoms with E-state index in [0.717, 1.165) is 38.9 Å². The standard InChI is InChI=1S/C16H25NO2S/c1-4-15-12(3)20-11-14(15)10-17-8-6-7-13(9-17)16(18)19-5-2/h11,13H,4-10H2,1-3H3. The van der Waals surface area contributed by atoms with Crippen molar-refractivity contribution < 1.29 is 9.53 Å². The van der Waals surface area contributed by atoms with Crippen LogP contribution in [-0.2, 0) is 22.5 Å². The van der Waals surface area contributed by atoms with Gasteiger partial charge in [0.15, 0.2) is 0 Å². The van der Waals surface area contributed by atoms with Crippen LogP contribution < -0.4 is 0 Å². The number of carbonyl (C=O) groups is 1. The lowest BCUT2D eigenvalue weighted by Crippen LogP contribution is -2.39. The number of likely N-dealkylation sites (tertiary alicyclic amines) is 1. The highest BCUT2D eigenvalue weighted by molar-refractivity contribution is 7.10. The van der Waals surface area contributed by atoms with Gasteiger partial charge in [-0.15, -0.1) is 11.3 Å². The minimum Gasteiger partial charge on any atom is -0.466 e. The molecule has 0 aromatic carbocycles. The maximum atomic E-state index is 11.9. The fourth-order valence-corrected chi connectivity index (χ4v) is 3.98. The zero-order valence-electron chi connectivity index (χ0n) is 12.8. The summed E-state index contributed by atoms with van der Waals surface area (Å²) in [6.07, 6.45) is 3.16. The number of hydrogen-bond donors (Lipinski definition) is 0. The van der Waals surface area contributed by atoms with Gasteiger partial charge in [-0.3, -0.25) is 9.69 Å². The van der Waals surface area contributed by atoms with E-state index in [1.54, 1.807) is 0 Å². The Hall–Kier alpha value is -0.870. The monoisotopic (exact) mass is 295 g/mol. The van der Waals surface area contributed by atoms with Crippen molar-refractivity contribution in [1.82, 2.24) is 4.90 Å². The van der Waals surface area contributed by atoms with Crippen molar-refractivity contribution in [2.75, 3.05) is 19.7 Å². The van der Waals surface area contributed by atoms with Crippen LogP contribution in [0.5, 0.6) is 0 Å². The van der Waals surface area contributed by atoms with Crippen LogP contribution in [0.15, 0.2) is 5.38 Å². The first-order valence-corrected chi connectivity index (χ1v) is 8.48. The minimum atomic E-state index is -0.0191. The molecule has 1 aliphatic rings. The van der Waals surface area contributed by atoms with Gasteiger partial charge in [0.25, 0.3) is 0 Å². The number of nitrogens with zero attached hydrogens (tertiary/aromatic N) is 1. The lowest BCUT2D eigenvalue weighted by atomic mass is 9.97. The molecule has 0 N–H and O–H groups in total. The molecule has 1 aromatic rings. The normalized spacial score (nSPS) is 20.1. The summed E-state index contributed by atoms with van der Waals surface area (Å²) in [4.78, 5) is 15.7. The van der Waals surface area contributed by atoms with E-state index in [1.807, 2.05) is 18.3 Å². The number of carbonyl (C=O) groups excluding carboxylic acids is 1. The molecule has 4 heteroatoms. The molecule has 0 amide bonds. The summed E-state index contributed by atoms with van der Waals surface area (Å²) in [5, 5.41) is 2.28. The van der Waals surface area contributed by atoms with E-state index in [1.165, 1.54) is 16.0 Å². The minimum absolute atomic E-state index is 0.0191. The Morgan fingerprint density at radius 1 is 1.50 bits per heavy atom. The van der Waals surface area contributed by atoms with E-state index in [9.17, 15) is 4.79 Å². The highest BCUT2D eigenvalue weighted by Gasteiger charge is 2.27. The van der Waals surface area contributed by atoms with E-state index in [4.69, 9.17) is 4.74 Å². The van der Waals surface area contributed by atoms with Crippen LogP contribution in [-0.4, -0.2) is 30.6 Å². The van der Waals surface area contributed by atoms with Gasteiger partial charge in [0.2, 0.25) is 0 Å². The molecule has 2 heterocycles. The molecule has 112 valence electrons. The predicted octanol–water partition coefficient (Wildman–Crippen LogP) is 3.39. The molecule has 0 aliphatic carbocycles. The van der Waals surface area contributed by atoms with Gasteiger partial charge in [0, 0.05) is 18.0 Å². The summed E-state index contributed by atoms with van der Waals surface area (Å²) in [6.45, 7) is 9.69. The fraction of sp³-hybridized carbons (Fsp3) is 0.688. The molecule has 0 saturated carbocycles. The van der Waals surface area contributed by atoms with Crippen molar-refractivity contribution in [3.63, 3.8) is 0 Å². The molecule has 2 rings (SSSR count). The molecule has 0 spiro atoms. The predicted molar refractivity (Wildman–Crippen MR) is 83.1 cm³/mol. The first kappa shape index (κ1) is 15.5. The Morgan fingerprint density at radius 3 is 3.00 bits per heavy atom. The molecule has 1 fully saturated rings. The van der Waals surface area contributed by atoms with E-state index in [0.29, 0.717) is 6.61 Å². The summed E-state index contributed by atoms with van der Waals surface area (Å²) in [6, 6.07) is 0. The highest BCUT2D eigenvalue weighted by atomic mass is 32.1. The highest BCUT2D eigenvalue weighted by Crippen LogP contribution is 2.26. The molecule has 1 aromatic heterocycles. The van der Waals surface area contributed by atoms with Crippen molar-refractivity contribution in [3.05, 3.63) is 21.4 Å². The van der Waals surface area contributed by atoms with Gasteiger partial charge in [-0.05, 0) is 56.2 Å². The van der Waals surface area contributed by atoms with Gasteiger partial charge in [0.05, 0.1) is 12.5 Å². The first-order chi connectivity index (χ1) is 9.65. The summed E-state index contributed by atoms with van der Waals surface area (Å²) in [5.41, 5.74) is 2.94. The van der Waals surface area contributed by atoms with Gasteiger partial charge < -0.3 is 4.74 Å². The molecule has 1 aliphatic heterocycles. The van der Waals surface area contributed by atoms with Crippen molar-refractivity contribution >= 4 is 17.3 Å². The average Bonchev–Trinajstić information content (AvgIpc) is 2.79.